The third-order valence-corrected chi connectivity index (χ3v) is 9.95. The Kier molecular flexibility index (Phi) is 44.0. The van der Waals surface area contributed by atoms with Gasteiger partial charge in [0.25, 0.3) is 0 Å². The number of carbonyl (C=O) groups excluding carboxylic acids is 3. The van der Waals surface area contributed by atoms with Gasteiger partial charge in [0.1, 0.15) is 13.2 Å². The topological polar surface area (TPSA) is 78.9 Å². The summed E-state index contributed by atoms with van der Waals surface area (Å²) in [6.07, 6.45) is 57.5. The first-order chi connectivity index (χ1) is 28.5. The normalized spacial score (nSPS) is 12.7. The van der Waals surface area contributed by atoms with Crippen molar-refractivity contribution in [1.82, 2.24) is 0 Å². The maximum Gasteiger partial charge on any atom is 0.306 e. The largest absolute Gasteiger partial charge is 0.462 e. The summed E-state index contributed by atoms with van der Waals surface area (Å²) in [4.78, 5) is 37.7. The fourth-order valence-electron chi connectivity index (χ4n) is 6.35. The fourth-order valence-corrected chi connectivity index (χ4v) is 6.35. The van der Waals surface area contributed by atoms with Gasteiger partial charge in [0.05, 0.1) is 0 Å². The van der Waals surface area contributed by atoms with Gasteiger partial charge in [-0.2, -0.15) is 0 Å². The summed E-state index contributed by atoms with van der Waals surface area (Å²) >= 11 is 0. The van der Waals surface area contributed by atoms with E-state index in [2.05, 4.69) is 93.7 Å². The molecule has 6 nitrogen and oxygen atoms in total. The molecule has 0 saturated heterocycles. The van der Waals surface area contributed by atoms with Gasteiger partial charge in [-0.25, -0.2) is 0 Å². The summed E-state index contributed by atoms with van der Waals surface area (Å²) < 4.78 is 16.7. The van der Waals surface area contributed by atoms with Gasteiger partial charge in [0.2, 0.25) is 0 Å². The maximum absolute atomic E-state index is 12.7. The predicted molar refractivity (Wildman–Crippen MR) is 247 cm³/mol. The molecule has 0 saturated carbocycles. The van der Waals surface area contributed by atoms with Crippen molar-refractivity contribution in [2.75, 3.05) is 13.2 Å². The summed E-state index contributed by atoms with van der Waals surface area (Å²) in [7, 11) is 0. The zero-order valence-electron chi connectivity index (χ0n) is 37.8. The molecule has 0 rings (SSSR count). The van der Waals surface area contributed by atoms with Crippen LogP contribution in [-0.4, -0.2) is 37.2 Å². The van der Waals surface area contributed by atoms with Crippen molar-refractivity contribution in [2.45, 2.75) is 226 Å². The first kappa shape index (κ1) is 54.9. The van der Waals surface area contributed by atoms with Gasteiger partial charge in [0, 0.05) is 19.3 Å². The van der Waals surface area contributed by atoms with Crippen LogP contribution >= 0.6 is 0 Å². The molecule has 0 aromatic carbocycles. The Morgan fingerprint density at radius 1 is 0.362 bits per heavy atom. The van der Waals surface area contributed by atoms with Crippen molar-refractivity contribution >= 4 is 17.9 Å². The fraction of sp³-hybridized carbons (Fsp3) is 0.712. The van der Waals surface area contributed by atoms with Crippen molar-refractivity contribution in [2.24, 2.45) is 0 Å². The lowest BCUT2D eigenvalue weighted by atomic mass is 10.1. The Bertz CT molecular complexity index is 1110. The molecule has 0 aromatic rings. The highest BCUT2D eigenvalue weighted by atomic mass is 16.6. The van der Waals surface area contributed by atoms with E-state index in [1.54, 1.807) is 0 Å². The van der Waals surface area contributed by atoms with Gasteiger partial charge in [-0.15, -0.1) is 0 Å². The van der Waals surface area contributed by atoms with Crippen LogP contribution in [0.5, 0.6) is 0 Å². The van der Waals surface area contributed by atoms with Crippen LogP contribution < -0.4 is 0 Å². The van der Waals surface area contributed by atoms with Crippen LogP contribution in [0.1, 0.15) is 220 Å². The van der Waals surface area contributed by atoms with E-state index in [1.807, 2.05) is 0 Å². The molecule has 1 unspecified atom stereocenters. The Hall–Kier alpha value is -3.15. The molecule has 0 fully saturated rings. The van der Waals surface area contributed by atoms with E-state index in [-0.39, 0.29) is 37.5 Å². The molecule has 0 bridgehead atoms. The Labute approximate surface area is 357 Å². The molecule has 332 valence electrons. The minimum absolute atomic E-state index is 0.0984. The van der Waals surface area contributed by atoms with Crippen molar-refractivity contribution in [3.05, 3.63) is 72.9 Å². The molecule has 0 spiro atoms. The van der Waals surface area contributed by atoms with E-state index >= 15 is 0 Å². The minimum Gasteiger partial charge on any atom is -0.462 e. The van der Waals surface area contributed by atoms with E-state index in [4.69, 9.17) is 14.2 Å². The number of hydrogen-bond donors (Lipinski definition) is 0. The van der Waals surface area contributed by atoms with Crippen LogP contribution in [0.2, 0.25) is 0 Å². The molecule has 0 aliphatic carbocycles. The van der Waals surface area contributed by atoms with Crippen LogP contribution in [0.3, 0.4) is 0 Å². The van der Waals surface area contributed by atoms with Crippen LogP contribution in [0, 0.1) is 0 Å². The van der Waals surface area contributed by atoms with Crippen LogP contribution in [0.25, 0.3) is 0 Å². The summed E-state index contributed by atoms with van der Waals surface area (Å²) in [6.45, 7) is 6.42. The smallest absolute Gasteiger partial charge is 0.306 e. The van der Waals surface area contributed by atoms with Crippen molar-refractivity contribution in [1.29, 1.82) is 0 Å². The van der Waals surface area contributed by atoms with Crippen molar-refractivity contribution in [3.8, 4) is 0 Å². The third-order valence-electron chi connectivity index (χ3n) is 9.95. The highest BCUT2D eigenvalue weighted by Crippen LogP contribution is 2.13. The molecule has 0 heterocycles. The maximum atomic E-state index is 12.7. The van der Waals surface area contributed by atoms with Crippen LogP contribution in [0.4, 0.5) is 0 Å². The Morgan fingerprint density at radius 2 is 0.690 bits per heavy atom. The highest BCUT2D eigenvalue weighted by Gasteiger charge is 2.19. The van der Waals surface area contributed by atoms with E-state index < -0.39 is 6.10 Å². The van der Waals surface area contributed by atoms with Crippen molar-refractivity contribution < 1.29 is 28.6 Å². The van der Waals surface area contributed by atoms with Gasteiger partial charge < -0.3 is 14.2 Å². The second kappa shape index (κ2) is 46.5. The van der Waals surface area contributed by atoms with Crippen LogP contribution in [0.15, 0.2) is 72.9 Å². The Balaban J connectivity index is 4.47. The molecule has 0 aliphatic heterocycles. The Morgan fingerprint density at radius 3 is 1.16 bits per heavy atom. The number of hydrogen-bond acceptors (Lipinski definition) is 6. The van der Waals surface area contributed by atoms with Crippen LogP contribution in [-0.2, 0) is 28.6 Å². The molecule has 1 atom stereocenters. The number of allylic oxidation sites excluding steroid dienone is 12. The number of esters is 3. The van der Waals surface area contributed by atoms with E-state index in [0.29, 0.717) is 19.3 Å². The van der Waals surface area contributed by atoms with Gasteiger partial charge in [-0.1, -0.05) is 190 Å². The lowest BCUT2D eigenvalue weighted by Crippen LogP contribution is -2.30. The van der Waals surface area contributed by atoms with Gasteiger partial charge >= 0.3 is 17.9 Å². The molecular formula is C52H88O6. The molecule has 0 radical (unpaired) electrons. The summed E-state index contributed by atoms with van der Waals surface area (Å²) in [6, 6.07) is 0. The van der Waals surface area contributed by atoms with Crippen molar-refractivity contribution in [3.63, 3.8) is 0 Å². The second-order valence-corrected chi connectivity index (χ2v) is 15.6. The second-order valence-electron chi connectivity index (χ2n) is 15.6. The number of carbonyl (C=O) groups is 3. The monoisotopic (exact) mass is 809 g/mol. The standard InChI is InChI=1S/C52H88O6/c1-4-7-10-13-16-19-21-23-25-26-27-29-30-33-36-39-42-45-51(54)57-48-49(47-56-50(53)44-41-38-35-32-18-15-12-9-6-3)58-52(55)46-43-40-37-34-31-28-24-22-20-17-14-11-8-5-2/h7,10,16,19,23,25,27-29,31,33,36,49H,4-6,8-9,11-15,17-18,20-22,24,26,30,32,34-35,37-48H2,1-3H3/b10-7-,19-16-,25-23-,29-27-,31-28-,36-33-. The molecule has 0 aromatic heterocycles. The lowest BCUT2D eigenvalue weighted by Gasteiger charge is -2.18. The zero-order chi connectivity index (χ0) is 42.3. The molecule has 0 amide bonds. The number of ether oxygens (including phenoxy) is 3. The van der Waals surface area contributed by atoms with E-state index in [0.717, 1.165) is 89.9 Å². The predicted octanol–water partition coefficient (Wildman–Crippen LogP) is 15.5. The van der Waals surface area contributed by atoms with Gasteiger partial charge in [0.15, 0.2) is 6.10 Å². The molecule has 6 heteroatoms. The summed E-state index contributed by atoms with van der Waals surface area (Å²) in [5.41, 5.74) is 0. The quantitative estimate of drug-likeness (QED) is 0.0264. The zero-order valence-corrected chi connectivity index (χ0v) is 37.8. The third kappa shape index (κ3) is 44.0. The molecular weight excluding hydrogens is 721 g/mol. The van der Waals surface area contributed by atoms with Gasteiger partial charge in [-0.05, 0) is 83.5 Å². The molecule has 0 aliphatic rings. The SMILES string of the molecule is CC/C=C\C/C=C\C/C=C\C/C=C\C/C=C\CCCC(=O)OCC(COC(=O)CCCCCCCCCCC)OC(=O)CCCCC/C=C\CCCCCCCCC. The average Bonchev–Trinajstić information content (AvgIpc) is 3.22. The van der Waals surface area contributed by atoms with E-state index in [1.165, 1.54) is 83.5 Å². The van der Waals surface area contributed by atoms with E-state index in [9.17, 15) is 14.4 Å². The molecule has 58 heavy (non-hydrogen) atoms. The number of rotatable bonds is 42. The summed E-state index contributed by atoms with van der Waals surface area (Å²) in [5, 5.41) is 0. The average molecular weight is 809 g/mol. The first-order valence-corrected chi connectivity index (χ1v) is 23.9. The minimum atomic E-state index is -0.802. The van der Waals surface area contributed by atoms with Gasteiger partial charge in [-0.3, -0.25) is 14.4 Å². The lowest BCUT2D eigenvalue weighted by molar-refractivity contribution is -0.167. The highest BCUT2D eigenvalue weighted by molar-refractivity contribution is 5.71. The summed E-state index contributed by atoms with van der Waals surface area (Å²) in [5.74, 6) is -0.981. The number of unbranched alkanes of at least 4 members (excludes halogenated alkanes) is 19. The molecule has 0 N–H and O–H groups in total. The first-order valence-electron chi connectivity index (χ1n) is 23.9.